The van der Waals surface area contributed by atoms with E-state index in [4.69, 9.17) is 37.9 Å². The molecule has 18 atom stereocenters. The zero-order valence-electron chi connectivity index (χ0n) is 98.8. The minimum Gasteiger partial charge on any atom is -0.459 e. The van der Waals surface area contributed by atoms with E-state index in [0.29, 0.717) is 41.2 Å². The summed E-state index contributed by atoms with van der Waals surface area (Å²) in [4.78, 5) is 74.1. The highest BCUT2D eigenvalue weighted by molar-refractivity contribution is 5.89. The second-order valence-electron chi connectivity index (χ2n) is 47.5. The number of esters is 5. The number of hydrogen-bond acceptors (Lipinski definition) is 16. The Balaban J connectivity index is 2.70. The van der Waals surface area contributed by atoms with Gasteiger partial charge in [0.1, 0.15) is 31.0 Å². The van der Waals surface area contributed by atoms with Crippen molar-refractivity contribution >= 4 is 29.8 Å². The van der Waals surface area contributed by atoms with E-state index in [1.165, 1.54) is 398 Å². The van der Waals surface area contributed by atoms with Gasteiger partial charge in [0.25, 0.3) is 0 Å². The third kappa shape index (κ3) is 73.4. The van der Waals surface area contributed by atoms with Crippen molar-refractivity contribution in [2.75, 3.05) is 13.2 Å². The monoisotopic (exact) mass is 2060 g/mol. The fourth-order valence-electron chi connectivity index (χ4n) is 22.7. The Morgan fingerprint density at radius 1 is 0.253 bits per heavy atom. The normalized spacial score (nSPS) is 20.3. The quantitative estimate of drug-likeness (QED) is 0.0223. The zero-order chi connectivity index (χ0) is 107. The molecule has 3 N–H and O–H groups in total. The van der Waals surface area contributed by atoms with E-state index in [1.54, 1.807) is 27.7 Å². The highest BCUT2D eigenvalue weighted by atomic mass is 16.8. The molecule has 0 aromatic rings. The third-order valence-electron chi connectivity index (χ3n) is 31.8. The van der Waals surface area contributed by atoms with Crippen molar-refractivity contribution in [1.82, 2.24) is 0 Å². The number of unbranched alkanes of at least 4 members (excludes halogenated alkanes) is 66. The summed E-state index contributed by atoms with van der Waals surface area (Å²) in [6, 6.07) is 0. The van der Waals surface area contributed by atoms with Crippen LogP contribution in [0.2, 0.25) is 0 Å². The van der Waals surface area contributed by atoms with E-state index >= 15 is 9.59 Å². The van der Waals surface area contributed by atoms with Gasteiger partial charge in [-0.05, 0) is 107 Å². The van der Waals surface area contributed by atoms with Crippen LogP contribution in [0.4, 0.5) is 0 Å². The number of rotatable bonds is 101. The van der Waals surface area contributed by atoms with Gasteiger partial charge in [0.05, 0.1) is 6.61 Å². The maximum absolute atomic E-state index is 15.1. The van der Waals surface area contributed by atoms with E-state index in [2.05, 4.69) is 90.0 Å². The van der Waals surface area contributed by atoms with Crippen molar-refractivity contribution in [3.63, 3.8) is 0 Å². The van der Waals surface area contributed by atoms with Gasteiger partial charge in [0.15, 0.2) is 24.4 Å². The number of carbonyl (C=O) groups is 5. The molecule has 16 nitrogen and oxygen atoms in total. The summed E-state index contributed by atoms with van der Waals surface area (Å²) in [6.07, 6.45) is 88.1. The molecule has 2 rings (SSSR count). The van der Waals surface area contributed by atoms with Crippen LogP contribution in [0.3, 0.4) is 0 Å². The number of carbonyl (C=O) groups excluding carboxylic acids is 5. The van der Waals surface area contributed by atoms with E-state index in [1.807, 2.05) is 24.3 Å². The van der Waals surface area contributed by atoms with Crippen molar-refractivity contribution in [3.05, 3.63) is 46.6 Å². The van der Waals surface area contributed by atoms with Crippen molar-refractivity contribution in [3.8, 4) is 0 Å². The molecule has 16 heteroatoms. The molecular formula is C130H240O16. The molecule has 2 heterocycles. The van der Waals surface area contributed by atoms with Crippen LogP contribution in [0, 0.1) is 47.3 Å². The minimum atomic E-state index is -1.92. The maximum atomic E-state index is 15.1. The molecule has 0 aliphatic carbocycles. The number of ether oxygens (including phenoxy) is 8. The number of hydrogen-bond donors (Lipinski definition) is 3. The minimum absolute atomic E-state index is 0.00138. The standard InChI is InChI=1S/C130H240O16/c1-18-23-28-33-38-43-48-53-57-58-63-67-72-77-80-85-90-105(7)95-109(11)99-113(15)126(136)143-121-116(102-131)140-129(123(120(121)134)145-128(138)115(17)101-111(13)97-107(9)92-87-82-76-71-66-62-56-51-46-41-36-31-26-21-4)146-130-124(142-118(132)93-88-83-78-73-68-59-52-47-42-37-32-27-22-5)122(144-127(137)114(16)100-110(12)96-106(8)91-86-81-75-70-65-61-55-50-45-40-35-30-25-20-3)119(133)117(141-130)103-139-125(135)112(14)98-108(10)94-104(6)89-84-79-74-69-64-60-54-49-44-39-34-29-24-19-2/h98-101,104-111,116-117,119-124,129-131,133-134H,18-97,102-103H2,1-17H3/b112-98+,113-99+,114-100+,115-101+/t104-,105-,106-,107-,108-,109-,110-,111-,116?,117?,119+,120?,121+,122?,123-,124+,129+,130+/m0/s1. The number of aliphatic hydroxyl groups is 3. The van der Waals surface area contributed by atoms with E-state index in [-0.39, 0.29) is 41.2 Å². The fourth-order valence-corrected chi connectivity index (χ4v) is 22.7. The first-order valence-electron chi connectivity index (χ1n) is 63.4. The molecule has 0 aromatic carbocycles. The lowest BCUT2D eigenvalue weighted by atomic mass is 9.91. The van der Waals surface area contributed by atoms with Crippen molar-refractivity contribution < 1.29 is 77.2 Å². The maximum Gasteiger partial charge on any atom is 0.333 e. The summed E-state index contributed by atoms with van der Waals surface area (Å²) < 4.78 is 52.2. The predicted molar refractivity (Wildman–Crippen MR) is 614 cm³/mol. The molecule has 0 aromatic heterocycles. The van der Waals surface area contributed by atoms with Crippen LogP contribution < -0.4 is 0 Å². The lowest BCUT2D eigenvalue weighted by Gasteiger charge is -2.47. The highest BCUT2D eigenvalue weighted by Crippen LogP contribution is 2.37. The largest absolute Gasteiger partial charge is 0.459 e. The molecule has 0 radical (unpaired) electrons. The van der Waals surface area contributed by atoms with Gasteiger partial charge in [-0.2, -0.15) is 0 Å². The molecule has 146 heavy (non-hydrogen) atoms. The molecule has 0 amide bonds. The van der Waals surface area contributed by atoms with Gasteiger partial charge in [-0.3, -0.25) is 4.79 Å². The SMILES string of the molecule is CCCCCCCCCCCCCCCCCC[C@H](C)C[C@H](C)/C=C(\C)C(=O)O[C@@H]1C(CO)O[C@H](O[C@H]2OC(COC(=O)/C(C)=C/[C@@H](C)C[C@@H](C)CCCCCCCCCCCCCCCC)[C@@H](O)C(OC(=O)/C(C)=C/[C@@H](C)C[C@@H](C)CCCCCCCCCCCCCCCC)[C@H]2OC(=O)CCCCCCCCCCCCCCC)[C@@H](OC(=O)/C(C)=C/[C@@H](C)C[C@@H](C)CCCCCCCCCCCCCCCC)C1O. The molecule has 4 unspecified atom stereocenters. The summed E-state index contributed by atoms with van der Waals surface area (Å²) in [6.45, 7) is 34.1. The molecule has 2 saturated heterocycles. The van der Waals surface area contributed by atoms with Crippen LogP contribution in [0.15, 0.2) is 46.6 Å². The molecule has 2 fully saturated rings. The molecule has 0 saturated carbocycles. The van der Waals surface area contributed by atoms with Crippen LogP contribution in [0.5, 0.6) is 0 Å². The Morgan fingerprint density at radius 3 is 0.719 bits per heavy atom. The summed E-state index contributed by atoms with van der Waals surface area (Å²) >= 11 is 0. The number of aliphatic hydroxyl groups excluding tert-OH is 3. The molecule has 856 valence electrons. The van der Waals surface area contributed by atoms with Crippen LogP contribution in [-0.2, 0) is 61.9 Å². The first kappa shape index (κ1) is 138. The van der Waals surface area contributed by atoms with E-state index in [0.717, 1.165) is 103 Å². The second-order valence-corrected chi connectivity index (χ2v) is 47.5. The van der Waals surface area contributed by atoms with Gasteiger partial charge in [0, 0.05) is 28.7 Å². The smallest absolute Gasteiger partial charge is 0.333 e. The molecule has 0 spiro atoms. The highest BCUT2D eigenvalue weighted by Gasteiger charge is 2.56. The lowest BCUT2D eigenvalue weighted by molar-refractivity contribution is -0.377. The molecule has 2 aliphatic rings. The van der Waals surface area contributed by atoms with Crippen LogP contribution in [0.25, 0.3) is 0 Å². The third-order valence-corrected chi connectivity index (χ3v) is 31.8. The zero-order valence-corrected chi connectivity index (χ0v) is 98.8. The second kappa shape index (κ2) is 94.6. The fraction of sp³-hybridized carbons (Fsp3) is 0.900. The van der Waals surface area contributed by atoms with Gasteiger partial charge in [-0.15, -0.1) is 0 Å². The Labute approximate surface area is 901 Å². The summed E-state index contributed by atoms with van der Waals surface area (Å²) in [7, 11) is 0. The topological polar surface area (TPSA) is 220 Å². The van der Waals surface area contributed by atoms with E-state index in [9.17, 15) is 29.7 Å². The van der Waals surface area contributed by atoms with Crippen molar-refractivity contribution in [2.45, 2.75) is 693 Å². The Kier molecular flexibility index (Phi) is 89.5. The van der Waals surface area contributed by atoms with Gasteiger partial charge in [0.2, 0.25) is 12.6 Å². The summed E-state index contributed by atoms with van der Waals surface area (Å²) in [5.41, 5.74) is 1.18. The molecule has 2 aliphatic heterocycles. The van der Waals surface area contributed by atoms with Crippen LogP contribution in [0.1, 0.15) is 631 Å². The van der Waals surface area contributed by atoms with Crippen LogP contribution >= 0.6 is 0 Å². The predicted octanol–water partition coefficient (Wildman–Crippen LogP) is 37.5. The molecular weight excluding hydrogens is 1820 g/mol. The first-order chi connectivity index (χ1) is 70.7. The van der Waals surface area contributed by atoms with Gasteiger partial charge < -0.3 is 53.2 Å². The van der Waals surface area contributed by atoms with Crippen molar-refractivity contribution in [1.29, 1.82) is 0 Å². The van der Waals surface area contributed by atoms with Gasteiger partial charge >= 0.3 is 29.8 Å². The Bertz CT molecular complexity index is 3200. The number of allylic oxidation sites excluding steroid dienone is 4. The van der Waals surface area contributed by atoms with Gasteiger partial charge in [-0.1, -0.05) is 589 Å². The lowest BCUT2D eigenvalue weighted by Crippen LogP contribution is -2.66. The van der Waals surface area contributed by atoms with E-state index < -0.39 is 104 Å². The molecule has 0 bridgehead atoms. The van der Waals surface area contributed by atoms with Gasteiger partial charge in [-0.25, -0.2) is 19.2 Å². The van der Waals surface area contributed by atoms with Crippen LogP contribution in [-0.4, -0.2) is 120 Å². The summed E-state index contributed by atoms with van der Waals surface area (Å²) in [5, 5.41) is 37.5. The average Bonchev–Trinajstić information content (AvgIpc) is 0.769. The Hall–Kier alpha value is -3.93. The summed E-state index contributed by atoms with van der Waals surface area (Å²) in [5.74, 6) is -2.17. The first-order valence-corrected chi connectivity index (χ1v) is 63.4. The average molecular weight is 2060 g/mol. The Morgan fingerprint density at radius 2 is 0.466 bits per heavy atom. The van der Waals surface area contributed by atoms with Crippen molar-refractivity contribution in [2.24, 2.45) is 47.3 Å².